The van der Waals surface area contributed by atoms with E-state index in [0.29, 0.717) is 6.61 Å². The van der Waals surface area contributed by atoms with Gasteiger partial charge in [-0.05, 0) is 6.42 Å². The summed E-state index contributed by atoms with van der Waals surface area (Å²) in [5.41, 5.74) is 1.13. The lowest BCUT2D eigenvalue weighted by Gasteiger charge is -2.04. The van der Waals surface area contributed by atoms with E-state index < -0.39 is 0 Å². The monoisotopic (exact) mass is 178 g/mol. The molecule has 1 aromatic rings. The van der Waals surface area contributed by atoms with Gasteiger partial charge in [-0.1, -0.05) is 19.3 Å². The summed E-state index contributed by atoms with van der Waals surface area (Å²) in [5, 5.41) is 4.11. The zero-order valence-electron chi connectivity index (χ0n) is 8.08. The minimum absolute atomic E-state index is 0.302. The fraction of sp³-hybridized carbons (Fsp3) is 0.500. The third kappa shape index (κ3) is 2.25. The highest BCUT2D eigenvalue weighted by Crippen LogP contribution is 2.18. The van der Waals surface area contributed by atoms with Gasteiger partial charge in [-0.2, -0.15) is 5.10 Å². The molecule has 0 aliphatic rings. The van der Waals surface area contributed by atoms with Crippen molar-refractivity contribution < 1.29 is 4.74 Å². The van der Waals surface area contributed by atoms with Crippen LogP contribution in [0.3, 0.4) is 0 Å². The summed E-state index contributed by atoms with van der Waals surface area (Å²) in [5.74, 6) is 3.23. The van der Waals surface area contributed by atoms with Crippen LogP contribution in [0.1, 0.15) is 18.9 Å². The van der Waals surface area contributed by atoms with Crippen molar-refractivity contribution >= 4 is 0 Å². The molecule has 0 bridgehead atoms. The molecule has 1 rings (SSSR count). The average Bonchev–Trinajstić information content (AvgIpc) is 2.45. The Labute approximate surface area is 78.7 Å². The Balaban J connectivity index is 2.76. The summed E-state index contributed by atoms with van der Waals surface area (Å²) < 4.78 is 7.08. The minimum atomic E-state index is 0.302. The van der Waals surface area contributed by atoms with Crippen LogP contribution in [0.25, 0.3) is 0 Å². The molecule has 0 N–H and O–H groups in total. The highest BCUT2D eigenvalue weighted by Gasteiger charge is 2.07. The molecule has 0 saturated carbocycles. The first-order valence-electron chi connectivity index (χ1n) is 4.36. The number of aryl methyl sites for hydroxylation is 2. The second kappa shape index (κ2) is 4.56. The molecule has 0 unspecified atom stereocenters. The summed E-state index contributed by atoms with van der Waals surface area (Å²) in [6, 6.07) is 0. The highest BCUT2D eigenvalue weighted by molar-refractivity contribution is 5.24. The largest absolute Gasteiger partial charge is 0.464 e. The zero-order valence-corrected chi connectivity index (χ0v) is 8.08. The SMILES string of the molecule is C#CCOc1c(CCC)cnn1C. The van der Waals surface area contributed by atoms with Crippen molar-refractivity contribution in [2.45, 2.75) is 19.8 Å². The average molecular weight is 178 g/mol. The number of ether oxygens (including phenoxy) is 1. The molecule has 0 aromatic carbocycles. The third-order valence-corrected chi connectivity index (χ3v) is 1.77. The number of terminal acetylenes is 1. The molecule has 0 spiro atoms. The summed E-state index contributed by atoms with van der Waals surface area (Å²) >= 11 is 0. The number of hydrogen-bond donors (Lipinski definition) is 0. The molecular formula is C10H14N2O. The van der Waals surface area contributed by atoms with Crippen molar-refractivity contribution in [2.75, 3.05) is 6.61 Å². The van der Waals surface area contributed by atoms with Gasteiger partial charge in [0.1, 0.15) is 0 Å². The van der Waals surface area contributed by atoms with Crippen LogP contribution in [0.5, 0.6) is 5.88 Å². The predicted octanol–water partition coefficient (Wildman–Crippen LogP) is 1.38. The van der Waals surface area contributed by atoms with Gasteiger partial charge >= 0.3 is 0 Å². The minimum Gasteiger partial charge on any atom is -0.464 e. The topological polar surface area (TPSA) is 27.1 Å². The number of nitrogens with zero attached hydrogens (tertiary/aromatic N) is 2. The maximum atomic E-state index is 5.37. The van der Waals surface area contributed by atoms with E-state index in [1.807, 2.05) is 13.2 Å². The summed E-state index contributed by atoms with van der Waals surface area (Å²) in [7, 11) is 1.85. The number of rotatable bonds is 4. The quantitative estimate of drug-likeness (QED) is 0.651. The number of aromatic nitrogens is 2. The standard InChI is InChI=1S/C10H14N2O/c1-4-6-9-8-11-12(3)10(9)13-7-5-2/h2,8H,4,6-7H2,1,3H3. The Morgan fingerprint density at radius 1 is 1.69 bits per heavy atom. The van der Waals surface area contributed by atoms with E-state index in [2.05, 4.69) is 17.9 Å². The van der Waals surface area contributed by atoms with Crippen LogP contribution in [-0.2, 0) is 13.5 Å². The molecule has 0 aliphatic heterocycles. The molecular weight excluding hydrogens is 164 g/mol. The van der Waals surface area contributed by atoms with Crippen LogP contribution in [0.15, 0.2) is 6.20 Å². The van der Waals surface area contributed by atoms with Gasteiger partial charge in [0.2, 0.25) is 5.88 Å². The smallest absolute Gasteiger partial charge is 0.215 e. The first-order chi connectivity index (χ1) is 6.29. The van der Waals surface area contributed by atoms with Crippen LogP contribution in [0.4, 0.5) is 0 Å². The van der Waals surface area contributed by atoms with Gasteiger partial charge in [-0.3, -0.25) is 0 Å². The van der Waals surface area contributed by atoms with E-state index >= 15 is 0 Å². The van der Waals surface area contributed by atoms with Crippen LogP contribution in [-0.4, -0.2) is 16.4 Å². The van der Waals surface area contributed by atoms with E-state index in [1.165, 1.54) is 0 Å². The van der Waals surface area contributed by atoms with Crippen molar-refractivity contribution in [2.24, 2.45) is 7.05 Å². The molecule has 3 heteroatoms. The lowest BCUT2D eigenvalue weighted by atomic mass is 10.2. The van der Waals surface area contributed by atoms with Crippen molar-refractivity contribution in [3.63, 3.8) is 0 Å². The molecule has 0 fully saturated rings. The van der Waals surface area contributed by atoms with Gasteiger partial charge in [0, 0.05) is 12.6 Å². The van der Waals surface area contributed by atoms with Crippen molar-refractivity contribution in [1.29, 1.82) is 0 Å². The molecule has 70 valence electrons. The zero-order chi connectivity index (χ0) is 9.68. The lowest BCUT2D eigenvalue weighted by Crippen LogP contribution is -2.02. The third-order valence-electron chi connectivity index (χ3n) is 1.77. The van der Waals surface area contributed by atoms with Gasteiger partial charge in [-0.15, -0.1) is 6.42 Å². The Kier molecular flexibility index (Phi) is 3.39. The normalized spacial score (nSPS) is 9.62. The summed E-state index contributed by atoms with van der Waals surface area (Å²) in [6.45, 7) is 2.42. The van der Waals surface area contributed by atoms with Crippen molar-refractivity contribution in [1.82, 2.24) is 9.78 Å². The van der Waals surface area contributed by atoms with E-state index in [1.54, 1.807) is 4.68 Å². The molecule has 3 nitrogen and oxygen atoms in total. The summed E-state index contributed by atoms with van der Waals surface area (Å²) in [4.78, 5) is 0. The number of hydrogen-bond acceptors (Lipinski definition) is 2. The second-order valence-corrected chi connectivity index (χ2v) is 2.84. The van der Waals surface area contributed by atoms with E-state index in [-0.39, 0.29) is 0 Å². The fourth-order valence-corrected chi connectivity index (χ4v) is 1.21. The van der Waals surface area contributed by atoms with Crippen LogP contribution >= 0.6 is 0 Å². The second-order valence-electron chi connectivity index (χ2n) is 2.84. The van der Waals surface area contributed by atoms with Gasteiger partial charge in [-0.25, -0.2) is 4.68 Å². The molecule has 1 aromatic heterocycles. The maximum Gasteiger partial charge on any atom is 0.215 e. The Morgan fingerprint density at radius 2 is 2.46 bits per heavy atom. The first kappa shape index (κ1) is 9.66. The van der Waals surface area contributed by atoms with Crippen LogP contribution in [0, 0.1) is 12.3 Å². The van der Waals surface area contributed by atoms with Crippen LogP contribution < -0.4 is 4.74 Å². The molecule has 0 saturated heterocycles. The van der Waals surface area contributed by atoms with Crippen molar-refractivity contribution in [3.8, 4) is 18.2 Å². The Hall–Kier alpha value is -1.43. The van der Waals surface area contributed by atoms with E-state index in [4.69, 9.17) is 11.2 Å². The molecule has 0 radical (unpaired) electrons. The van der Waals surface area contributed by atoms with Gasteiger partial charge in [0.15, 0.2) is 6.61 Å². The first-order valence-corrected chi connectivity index (χ1v) is 4.36. The molecule has 13 heavy (non-hydrogen) atoms. The van der Waals surface area contributed by atoms with Crippen molar-refractivity contribution in [3.05, 3.63) is 11.8 Å². The summed E-state index contributed by atoms with van der Waals surface area (Å²) in [6.07, 6.45) is 9.00. The highest BCUT2D eigenvalue weighted by atomic mass is 16.5. The predicted molar refractivity (Wildman–Crippen MR) is 51.5 cm³/mol. The van der Waals surface area contributed by atoms with E-state index in [9.17, 15) is 0 Å². The van der Waals surface area contributed by atoms with Gasteiger partial charge in [0.25, 0.3) is 0 Å². The molecule has 1 heterocycles. The lowest BCUT2D eigenvalue weighted by molar-refractivity contribution is 0.331. The molecule has 0 amide bonds. The van der Waals surface area contributed by atoms with Gasteiger partial charge < -0.3 is 4.74 Å². The maximum absolute atomic E-state index is 5.37. The fourth-order valence-electron chi connectivity index (χ4n) is 1.21. The Bertz CT molecular complexity index is 309. The Morgan fingerprint density at radius 3 is 3.08 bits per heavy atom. The van der Waals surface area contributed by atoms with E-state index in [0.717, 1.165) is 24.3 Å². The van der Waals surface area contributed by atoms with Gasteiger partial charge in [0.05, 0.1) is 6.20 Å². The van der Waals surface area contributed by atoms with Crippen LogP contribution in [0.2, 0.25) is 0 Å². The molecule has 0 atom stereocenters. The molecule has 0 aliphatic carbocycles.